The molecule has 1 atom stereocenters. The molecule has 1 unspecified atom stereocenters. The first-order valence-corrected chi connectivity index (χ1v) is 8.02. The van der Waals surface area contributed by atoms with Gasteiger partial charge in [0.25, 0.3) is 0 Å². The second kappa shape index (κ2) is 6.09. The number of hydrogen-bond donors (Lipinski definition) is 2. The molecule has 1 aromatic carbocycles. The summed E-state index contributed by atoms with van der Waals surface area (Å²) in [6.07, 6.45) is 0.814. The van der Waals surface area contributed by atoms with Crippen molar-refractivity contribution >= 4 is 10.0 Å². The normalized spacial score (nSPS) is 20.2. The van der Waals surface area contributed by atoms with Gasteiger partial charge in [0, 0.05) is 19.1 Å². The molecule has 0 aromatic heterocycles. The predicted octanol–water partition coefficient (Wildman–Crippen LogP) is 0.136. The van der Waals surface area contributed by atoms with Crippen LogP contribution in [-0.4, -0.2) is 46.6 Å². The van der Waals surface area contributed by atoms with Crippen molar-refractivity contribution < 1.29 is 13.2 Å². The van der Waals surface area contributed by atoms with Gasteiger partial charge in [0.15, 0.2) is 0 Å². The summed E-state index contributed by atoms with van der Waals surface area (Å²) in [6.45, 7) is 1.91. The van der Waals surface area contributed by atoms with E-state index in [-0.39, 0.29) is 10.9 Å². The van der Waals surface area contributed by atoms with Crippen LogP contribution in [0.1, 0.15) is 12.0 Å². The molecule has 3 N–H and O–H groups in total. The number of methoxy groups -OCH3 is 1. The van der Waals surface area contributed by atoms with Crippen LogP contribution in [0.3, 0.4) is 0 Å². The number of ether oxygens (including phenoxy) is 1. The van der Waals surface area contributed by atoms with Crippen LogP contribution < -0.4 is 15.2 Å². The molecule has 0 aliphatic carbocycles. The van der Waals surface area contributed by atoms with Crippen LogP contribution in [0.15, 0.2) is 23.1 Å². The first kappa shape index (κ1) is 15.2. The van der Waals surface area contributed by atoms with Gasteiger partial charge >= 0.3 is 0 Å². The van der Waals surface area contributed by atoms with Crippen molar-refractivity contribution in [3.63, 3.8) is 0 Å². The third-order valence-corrected chi connectivity index (χ3v) is 5.01. The van der Waals surface area contributed by atoms with Gasteiger partial charge in [0.1, 0.15) is 10.6 Å². The van der Waals surface area contributed by atoms with Gasteiger partial charge in [0.05, 0.1) is 7.11 Å². The van der Waals surface area contributed by atoms with Gasteiger partial charge in [0.2, 0.25) is 10.0 Å². The van der Waals surface area contributed by atoms with E-state index in [2.05, 4.69) is 9.62 Å². The minimum absolute atomic E-state index is 0.0590. The zero-order valence-electron chi connectivity index (χ0n) is 11.8. The lowest BCUT2D eigenvalue weighted by Gasteiger charge is -2.16. The van der Waals surface area contributed by atoms with E-state index in [1.165, 1.54) is 7.11 Å². The molecular formula is C13H21N3O3S. The van der Waals surface area contributed by atoms with Crippen molar-refractivity contribution in [3.05, 3.63) is 23.8 Å². The van der Waals surface area contributed by atoms with E-state index >= 15 is 0 Å². The summed E-state index contributed by atoms with van der Waals surface area (Å²) in [6, 6.07) is 4.91. The smallest absolute Gasteiger partial charge is 0.244 e. The Balaban J connectivity index is 2.28. The summed E-state index contributed by atoms with van der Waals surface area (Å²) in [7, 11) is -0.165. The fourth-order valence-corrected chi connectivity index (χ4v) is 3.85. The Kier molecular flexibility index (Phi) is 4.64. The van der Waals surface area contributed by atoms with Crippen molar-refractivity contribution in [2.75, 3.05) is 27.2 Å². The zero-order chi connectivity index (χ0) is 14.8. The minimum atomic E-state index is -3.60. The fraction of sp³-hybridized carbons (Fsp3) is 0.538. The molecule has 7 heteroatoms. The van der Waals surface area contributed by atoms with E-state index in [1.54, 1.807) is 18.2 Å². The maximum Gasteiger partial charge on any atom is 0.244 e. The lowest BCUT2D eigenvalue weighted by molar-refractivity contribution is 0.399. The van der Waals surface area contributed by atoms with Crippen LogP contribution in [0.4, 0.5) is 0 Å². The minimum Gasteiger partial charge on any atom is -0.495 e. The molecule has 1 aliphatic heterocycles. The molecule has 6 nitrogen and oxygen atoms in total. The average Bonchev–Trinajstić information content (AvgIpc) is 2.82. The van der Waals surface area contributed by atoms with Crippen molar-refractivity contribution in [2.24, 2.45) is 5.73 Å². The third kappa shape index (κ3) is 3.29. The predicted molar refractivity (Wildman–Crippen MR) is 77.1 cm³/mol. The summed E-state index contributed by atoms with van der Waals surface area (Å²) < 4.78 is 32.9. The molecule has 2 rings (SSSR count). The highest BCUT2D eigenvalue weighted by Gasteiger charge is 2.27. The number of likely N-dealkylation sites (N-methyl/N-ethyl adjacent to an activating group) is 1. The van der Waals surface area contributed by atoms with Gasteiger partial charge in [-0.05, 0) is 37.7 Å². The first-order valence-electron chi connectivity index (χ1n) is 6.54. The van der Waals surface area contributed by atoms with Crippen molar-refractivity contribution in [1.82, 2.24) is 9.62 Å². The Morgan fingerprint density at radius 3 is 2.80 bits per heavy atom. The summed E-state index contributed by atoms with van der Waals surface area (Å²) in [5.41, 5.74) is 6.33. The molecule has 0 radical (unpaired) electrons. The molecule has 1 saturated heterocycles. The summed E-state index contributed by atoms with van der Waals surface area (Å²) in [5, 5.41) is 0. The summed E-state index contributed by atoms with van der Waals surface area (Å²) in [5.74, 6) is 0.334. The van der Waals surface area contributed by atoms with Crippen LogP contribution in [0, 0.1) is 0 Å². The molecule has 0 spiro atoms. The van der Waals surface area contributed by atoms with Crippen LogP contribution in [-0.2, 0) is 16.6 Å². The lowest BCUT2D eigenvalue weighted by atomic mass is 10.2. The number of benzene rings is 1. The summed E-state index contributed by atoms with van der Waals surface area (Å²) in [4.78, 5) is 2.25. The van der Waals surface area contributed by atoms with Crippen molar-refractivity contribution in [2.45, 2.75) is 23.9 Å². The van der Waals surface area contributed by atoms with E-state index < -0.39 is 10.0 Å². The van der Waals surface area contributed by atoms with E-state index in [0.717, 1.165) is 25.1 Å². The number of nitrogens with zero attached hydrogens (tertiary/aromatic N) is 1. The van der Waals surface area contributed by atoms with Gasteiger partial charge in [-0.15, -0.1) is 0 Å². The van der Waals surface area contributed by atoms with Gasteiger partial charge in [-0.25, -0.2) is 13.1 Å². The highest BCUT2D eigenvalue weighted by atomic mass is 32.2. The van der Waals surface area contributed by atoms with E-state index in [9.17, 15) is 8.42 Å². The Hall–Kier alpha value is -1.15. The monoisotopic (exact) mass is 299 g/mol. The van der Waals surface area contributed by atoms with Crippen LogP contribution in [0.25, 0.3) is 0 Å². The van der Waals surface area contributed by atoms with Crippen molar-refractivity contribution in [1.29, 1.82) is 0 Å². The van der Waals surface area contributed by atoms with Gasteiger partial charge in [-0.3, -0.25) is 0 Å². The molecule has 0 saturated carbocycles. The van der Waals surface area contributed by atoms with Crippen LogP contribution >= 0.6 is 0 Å². The Bertz CT molecular complexity index is 574. The highest BCUT2D eigenvalue weighted by molar-refractivity contribution is 7.89. The highest BCUT2D eigenvalue weighted by Crippen LogP contribution is 2.25. The van der Waals surface area contributed by atoms with Gasteiger partial charge < -0.3 is 15.4 Å². The van der Waals surface area contributed by atoms with E-state index in [1.807, 2.05) is 7.05 Å². The number of nitrogens with one attached hydrogen (secondary N) is 1. The second-order valence-corrected chi connectivity index (χ2v) is 6.74. The molecule has 0 bridgehead atoms. The largest absolute Gasteiger partial charge is 0.495 e. The third-order valence-electron chi connectivity index (χ3n) is 3.47. The zero-order valence-corrected chi connectivity index (χ0v) is 12.6. The molecule has 0 amide bonds. The van der Waals surface area contributed by atoms with Crippen LogP contribution in [0.5, 0.6) is 5.75 Å². The summed E-state index contributed by atoms with van der Waals surface area (Å²) >= 11 is 0. The SMILES string of the molecule is COc1ccc(CN)cc1S(=O)(=O)NC1CCN(C)C1. The molecule has 1 heterocycles. The Labute approximate surface area is 120 Å². The second-order valence-electron chi connectivity index (χ2n) is 5.06. The first-order chi connectivity index (χ1) is 9.46. The van der Waals surface area contributed by atoms with Crippen molar-refractivity contribution in [3.8, 4) is 5.75 Å². The molecule has 112 valence electrons. The lowest BCUT2D eigenvalue weighted by Crippen LogP contribution is -2.36. The van der Waals surface area contributed by atoms with E-state index in [0.29, 0.717) is 12.3 Å². The van der Waals surface area contributed by atoms with E-state index in [4.69, 9.17) is 10.5 Å². The van der Waals surface area contributed by atoms with Gasteiger partial charge in [-0.1, -0.05) is 6.07 Å². The fourth-order valence-electron chi connectivity index (χ4n) is 2.37. The van der Waals surface area contributed by atoms with Crippen LogP contribution in [0.2, 0.25) is 0 Å². The van der Waals surface area contributed by atoms with Gasteiger partial charge in [-0.2, -0.15) is 0 Å². The Morgan fingerprint density at radius 1 is 1.50 bits per heavy atom. The molecule has 1 aromatic rings. The molecular weight excluding hydrogens is 278 g/mol. The number of sulfonamides is 1. The number of rotatable bonds is 5. The molecule has 1 aliphatic rings. The molecule has 1 fully saturated rings. The Morgan fingerprint density at radius 2 is 2.25 bits per heavy atom. The topological polar surface area (TPSA) is 84.7 Å². The standard InChI is InChI=1S/C13H21N3O3S/c1-16-6-5-11(9-16)15-20(17,18)13-7-10(8-14)3-4-12(13)19-2/h3-4,7,11,15H,5-6,8-9,14H2,1-2H3. The maximum atomic E-state index is 12.5. The molecule has 20 heavy (non-hydrogen) atoms. The number of hydrogen-bond acceptors (Lipinski definition) is 5. The quantitative estimate of drug-likeness (QED) is 0.808. The maximum absolute atomic E-state index is 12.5. The number of nitrogens with two attached hydrogens (primary N) is 1. The number of likely N-dealkylation sites (tertiary alicyclic amines) is 1. The average molecular weight is 299 g/mol.